The van der Waals surface area contributed by atoms with Crippen molar-refractivity contribution >= 4 is 23.4 Å². The van der Waals surface area contributed by atoms with Gasteiger partial charge in [0.2, 0.25) is 0 Å². The minimum Gasteiger partial charge on any atom is -0.275 e. The van der Waals surface area contributed by atoms with Gasteiger partial charge in [0.05, 0.1) is 5.69 Å². The van der Waals surface area contributed by atoms with E-state index in [1.807, 2.05) is 0 Å². The molecule has 0 aliphatic heterocycles. The summed E-state index contributed by atoms with van der Waals surface area (Å²) in [5, 5.41) is 0.832. The van der Waals surface area contributed by atoms with Crippen LogP contribution >= 0.6 is 23.4 Å². The van der Waals surface area contributed by atoms with Gasteiger partial charge in [0, 0.05) is 12.1 Å². The molecule has 0 radical (unpaired) electrons. The highest BCUT2D eigenvalue weighted by atomic mass is 35.5. The number of aromatic nitrogens is 3. The second kappa shape index (κ2) is 4.99. The van der Waals surface area contributed by atoms with Crippen molar-refractivity contribution in [3.8, 4) is 5.69 Å². The average Bonchev–Trinajstić information content (AvgIpc) is 2.34. The molecule has 0 amide bonds. The predicted octanol–water partition coefficient (Wildman–Crippen LogP) is 1.31. The van der Waals surface area contributed by atoms with Crippen molar-refractivity contribution in [3.05, 3.63) is 50.3 Å². The largest absolute Gasteiger partial charge is 0.358 e. The smallest absolute Gasteiger partial charge is 0.275 e. The summed E-state index contributed by atoms with van der Waals surface area (Å²) < 4.78 is 2.32. The highest BCUT2D eigenvalue weighted by molar-refractivity contribution is 7.98. The number of hydrogen-bond acceptors (Lipinski definition) is 4. The van der Waals surface area contributed by atoms with Gasteiger partial charge in [-0.3, -0.25) is 4.57 Å². The summed E-state index contributed by atoms with van der Waals surface area (Å²) in [6, 6.07) is 6.52. The quantitative estimate of drug-likeness (QED) is 0.780. The van der Waals surface area contributed by atoms with Gasteiger partial charge in [-0.15, -0.1) is 0 Å². The highest BCUT2D eigenvalue weighted by Crippen LogP contribution is 2.12. The van der Waals surface area contributed by atoms with E-state index in [2.05, 4.69) is 4.98 Å². The van der Waals surface area contributed by atoms with E-state index >= 15 is 0 Å². The van der Waals surface area contributed by atoms with Crippen LogP contribution in [0.5, 0.6) is 0 Å². The SMILES string of the molecule is CSc1nc(=O)n(-c2cccc(Cl)c2)c(=O)n1C. The Kier molecular flexibility index (Phi) is 3.58. The zero-order valence-electron chi connectivity index (χ0n) is 9.75. The molecule has 0 N–H and O–H groups in total. The second-order valence-corrected chi connectivity index (χ2v) is 4.75. The van der Waals surface area contributed by atoms with Gasteiger partial charge in [-0.05, 0) is 24.5 Å². The molecule has 5 nitrogen and oxygen atoms in total. The lowest BCUT2D eigenvalue weighted by atomic mass is 10.3. The Labute approximate surface area is 112 Å². The fourth-order valence-electron chi connectivity index (χ4n) is 1.54. The van der Waals surface area contributed by atoms with Crippen molar-refractivity contribution in [2.24, 2.45) is 7.05 Å². The summed E-state index contributed by atoms with van der Waals surface area (Å²) in [5.74, 6) is 0. The zero-order valence-corrected chi connectivity index (χ0v) is 11.3. The Bertz CT molecular complexity index is 708. The maximum Gasteiger partial charge on any atom is 0.358 e. The van der Waals surface area contributed by atoms with Gasteiger partial charge in [-0.25, -0.2) is 14.2 Å². The highest BCUT2D eigenvalue weighted by Gasteiger charge is 2.11. The summed E-state index contributed by atoms with van der Waals surface area (Å²) in [4.78, 5) is 27.8. The van der Waals surface area contributed by atoms with Crippen LogP contribution in [0.3, 0.4) is 0 Å². The van der Waals surface area contributed by atoms with Crippen LogP contribution in [-0.4, -0.2) is 20.4 Å². The molecule has 0 saturated carbocycles. The van der Waals surface area contributed by atoms with Crippen LogP contribution in [-0.2, 0) is 7.05 Å². The van der Waals surface area contributed by atoms with E-state index in [1.54, 1.807) is 37.6 Å². The number of halogens is 1. The van der Waals surface area contributed by atoms with E-state index in [9.17, 15) is 9.59 Å². The summed E-state index contributed by atoms with van der Waals surface area (Å²) in [7, 11) is 1.57. The van der Waals surface area contributed by atoms with Gasteiger partial charge >= 0.3 is 11.4 Å². The van der Waals surface area contributed by atoms with Crippen LogP contribution in [0.25, 0.3) is 5.69 Å². The number of rotatable bonds is 2. The van der Waals surface area contributed by atoms with Crippen molar-refractivity contribution in [3.63, 3.8) is 0 Å². The second-order valence-electron chi connectivity index (χ2n) is 3.54. The average molecular weight is 284 g/mol. The molecule has 0 unspecified atom stereocenters. The van der Waals surface area contributed by atoms with Gasteiger partial charge in [0.1, 0.15) is 0 Å². The normalized spacial score (nSPS) is 10.6. The predicted molar refractivity (Wildman–Crippen MR) is 71.9 cm³/mol. The van der Waals surface area contributed by atoms with Crippen molar-refractivity contribution < 1.29 is 0 Å². The first-order valence-electron chi connectivity index (χ1n) is 5.04. The van der Waals surface area contributed by atoms with Gasteiger partial charge in [-0.1, -0.05) is 29.4 Å². The van der Waals surface area contributed by atoms with Crippen LogP contribution in [0, 0.1) is 0 Å². The Morgan fingerprint density at radius 3 is 2.67 bits per heavy atom. The lowest BCUT2D eigenvalue weighted by Crippen LogP contribution is -2.40. The molecule has 0 spiro atoms. The number of nitrogens with zero attached hydrogens (tertiary/aromatic N) is 3. The lowest BCUT2D eigenvalue weighted by molar-refractivity contribution is 0.613. The minimum absolute atomic E-state index is 0.378. The van der Waals surface area contributed by atoms with Crippen molar-refractivity contribution in [1.29, 1.82) is 0 Å². The van der Waals surface area contributed by atoms with Crippen LogP contribution in [0.1, 0.15) is 0 Å². The molecule has 0 saturated heterocycles. The first kappa shape index (κ1) is 12.9. The number of thioether (sulfide) groups is 1. The van der Waals surface area contributed by atoms with Crippen molar-refractivity contribution in [2.75, 3.05) is 6.26 Å². The van der Waals surface area contributed by atoms with Crippen molar-refractivity contribution in [1.82, 2.24) is 14.1 Å². The van der Waals surface area contributed by atoms with E-state index in [-0.39, 0.29) is 0 Å². The Morgan fingerprint density at radius 1 is 1.33 bits per heavy atom. The molecular formula is C11H10ClN3O2S. The molecule has 1 aromatic heterocycles. The van der Waals surface area contributed by atoms with E-state index in [0.29, 0.717) is 15.9 Å². The standard InChI is InChI=1S/C11H10ClN3O2S/c1-14-10(18-2)13-9(16)15(11(14)17)8-5-3-4-7(12)6-8/h3-6H,1-2H3. The fourth-order valence-corrected chi connectivity index (χ4v) is 2.24. The van der Waals surface area contributed by atoms with E-state index in [4.69, 9.17) is 11.6 Å². The Morgan fingerprint density at radius 2 is 2.06 bits per heavy atom. The molecule has 0 aliphatic rings. The van der Waals surface area contributed by atoms with Crippen molar-refractivity contribution in [2.45, 2.75) is 5.16 Å². The minimum atomic E-state index is -0.607. The van der Waals surface area contributed by atoms with Gasteiger partial charge in [0.15, 0.2) is 5.16 Å². The van der Waals surface area contributed by atoms with Gasteiger partial charge in [-0.2, -0.15) is 4.98 Å². The van der Waals surface area contributed by atoms with E-state index < -0.39 is 11.4 Å². The summed E-state index contributed by atoms with van der Waals surface area (Å²) >= 11 is 7.09. The Balaban J connectivity index is 2.77. The number of benzene rings is 1. The molecule has 0 aliphatic carbocycles. The van der Waals surface area contributed by atoms with Gasteiger partial charge < -0.3 is 0 Å². The summed E-state index contributed by atoms with van der Waals surface area (Å²) in [6.45, 7) is 0. The lowest BCUT2D eigenvalue weighted by Gasteiger charge is -2.08. The Hall–Kier alpha value is -1.53. The van der Waals surface area contributed by atoms with Crippen LogP contribution in [0.4, 0.5) is 0 Å². The molecule has 0 atom stereocenters. The summed E-state index contributed by atoms with van der Waals surface area (Å²) in [5.41, 5.74) is -0.639. The molecule has 1 heterocycles. The van der Waals surface area contributed by atoms with Crippen LogP contribution in [0.15, 0.2) is 39.0 Å². The van der Waals surface area contributed by atoms with Crippen LogP contribution in [0.2, 0.25) is 5.02 Å². The first-order valence-corrected chi connectivity index (χ1v) is 6.65. The molecular weight excluding hydrogens is 274 g/mol. The molecule has 94 valence electrons. The molecule has 2 rings (SSSR count). The third kappa shape index (κ3) is 2.21. The molecule has 1 aromatic carbocycles. The van der Waals surface area contributed by atoms with Gasteiger partial charge in [0.25, 0.3) is 0 Å². The molecule has 7 heteroatoms. The van der Waals surface area contributed by atoms with E-state index in [1.165, 1.54) is 16.3 Å². The third-order valence-corrected chi connectivity index (χ3v) is 3.36. The van der Waals surface area contributed by atoms with E-state index in [0.717, 1.165) is 4.57 Å². The fraction of sp³-hybridized carbons (Fsp3) is 0.182. The molecule has 0 bridgehead atoms. The number of hydrogen-bond donors (Lipinski definition) is 0. The molecule has 2 aromatic rings. The molecule has 0 fully saturated rings. The first-order chi connectivity index (χ1) is 8.54. The zero-order chi connectivity index (χ0) is 13.3. The third-order valence-electron chi connectivity index (χ3n) is 2.40. The summed E-state index contributed by atoms with van der Waals surface area (Å²) in [6.07, 6.45) is 1.75. The maximum absolute atomic E-state index is 12.1. The van der Waals surface area contributed by atoms with Crippen LogP contribution < -0.4 is 11.4 Å². The maximum atomic E-state index is 12.1. The monoisotopic (exact) mass is 283 g/mol. The molecule has 18 heavy (non-hydrogen) atoms. The topological polar surface area (TPSA) is 56.9 Å².